The van der Waals surface area contributed by atoms with E-state index in [-0.39, 0.29) is 23.4 Å². The van der Waals surface area contributed by atoms with Crippen LogP contribution in [0, 0.1) is 11.7 Å². The molecule has 1 unspecified atom stereocenters. The highest BCUT2D eigenvalue weighted by atomic mass is 19.1. The van der Waals surface area contributed by atoms with Crippen molar-refractivity contribution in [2.45, 2.75) is 56.6 Å². The minimum Gasteiger partial charge on any atom is -0.478 e. The van der Waals surface area contributed by atoms with E-state index in [4.69, 9.17) is 4.74 Å². The van der Waals surface area contributed by atoms with Crippen molar-refractivity contribution in [3.63, 3.8) is 0 Å². The summed E-state index contributed by atoms with van der Waals surface area (Å²) in [4.78, 5) is 14.7. The zero-order valence-corrected chi connectivity index (χ0v) is 12.8. The van der Waals surface area contributed by atoms with Gasteiger partial charge in [0.2, 0.25) is 0 Å². The molecule has 1 aliphatic heterocycles. The van der Waals surface area contributed by atoms with Gasteiger partial charge in [0.1, 0.15) is 11.6 Å². The molecule has 1 atom stereocenters. The Morgan fingerprint density at radius 2 is 1.82 bits per heavy atom. The van der Waals surface area contributed by atoms with Crippen LogP contribution in [0.4, 0.5) is 4.39 Å². The fraction of sp³-hybridized carbons (Fsp3) is 0.611. The summed E-state index contributed by atoms with van der Waals surface area (Å²) in [6.45, 7) is 0.905. The molecule has 0 aromatic heterocycles. The van der Waals surface area contributed by atoms with Crippen LogP contribution < -0.4 is 4.74 Å². The number of likely N-dealkylation sites (tertiary alicyclic amines) is 1. The van der Waals surface area contributed by atoms with E-state index in [9.17, 15) is 9.18 Å². The van der Waals surface area contributed by atoms with Crippen molar-refractivity contribution < 1.29 is 13.9 Å². The van der Waals surface area contributed by atoms with Gasteiger partial charge in [-0.1, -0.05) is 19.3 Å². The average molecular weight is 303 g/mol. The first kappa shape index (κ1) is 14.0. The Morgan fingerprint density at radius 1 is 1.14 bits per heavy atom. The van der Waals surface area contributed by atoms with Crippen molar-refractivity contribution in [1.82, 2.24) is 4.90 Å². The monoisotopic (exact) mass is 303 g/mol. The normalized spacial score (nSPS) is 26.9. The Kier molecular flexibility index (Phi) is 3.35. The van der Waals surface area contributed by atoms with Gasteiger partial charge < -0.3 is 9.64 Å². The van der Waals surface area contributed by atoms with E-state index in [2.05, 4.69) is 4.90 Å². The van der Waals surface area contributed by atoms with Gasteiger partial charge in [-0.15, -0.1) is 0 Å². The molecule has 1 aromatic carbocycles. The molecule has 1 heterocycles. The third-order valence-electron chi connectivity index (χ3n) is 5.44. The molecule has 1 saturated heterocycles. The Hall–Kier alpha value is -1.58. The van der Waals surface area contributed by atoms with Crippen LogP contribution in [-0.4, -0.2) is 29.0 Å². The molecule has 2 aliphatic carbocycles. The highest BCUT2D eigenvalue weighted by Gasteiger charge is 2.62. The molecule has 3 aliphatic rings. The molecule has 4 heteroatoms. The van der Waals surface area contributed by atoms with Gasteiger partial charge in [-0.3, -0.25) is 4.79 Å². The zero-order valence-electron chi connectivity index (χ0n) is 12.8. The number of ether oxygens (including phenoxy) is 1. The molecule has 0 N–H and O–H groups in total. The molecule has 1 amide bonds. The summed E-state index contributed by atoms with van der Waals surface area (Å²) in [5.41, 5.74) is -0.105. The lowest BCUT2D eigenvalue weighted by Crippen LogP contribution is -2.76. The third kappa shape index (κ3) is 2.29. The summed E-state index contributed by atoms with van der Waals surface area (Å²) in [5, 5.41) is 0. The molecule has 22 heavy (non-hydrogen) atoms. The molecule has 0 bridgehead atoms. The van der Waals surface area contributed by atoms with E-state index >= 15 is 0 Å². The first-order valence-electron chi connectivity index (χ1n) is 8.43. The van der Waals surface area contributed by atoms with Crippen molar-refractivity contribution in [3.8, 4) is 5.75 Å². The lowest BCUT2D eigenvalue weighted by atomic mass is 9.69. The Bertz CT molecular complexity index is 561. The number of β-lactam (4-membered cyclic amide) rings is 1. The minimum atomic E-state index is -0.378. The van der Waals surface area contributed by atoms with Crippen LogP contribution in [0.5, 0.6) is 5.75 Å². The van der Waals surface area contributed by atoms with Crippen molar-refractivity contribution in [1.29, 1.82) is 0 Å². The fourth-order valence-electron chi connectivity index (χ4n) is 4.00. The number of halogens is 1. The molecule has 0 radical (unpaired) electrons. The van der Waals surface area contributed by atoms with Crippen LogP contribution in [0.2, 0.25) is 0 Å². The van der Waals surface area contributed by atoms with E-state index in [1.807, 2.05) is 0 Å². The van der Waals surface area contributed by atoms with Gasteiger partial charge in [-0.05, 0) is 55.9 Å². The number of carbonyl (C=O) groups excluding carboxylic acids is 1. The van der Waals surface area contributed by atoms with Crippen LogP contribution in [0.3, 0.4) is 0 Å². The number of hydrogen-bond donors (Lipinski definition) is 0. The van der Waals surface area contributed by atoms with Crippen LogP contribution >= 0.6 is 0 Å². The van der Waals surface area contributed by atoms with Gasteiger partial charge in [-0.2, -0.15) is 0 Å². The van der Waals surface area contributed by atoms with Gasteiger partial charge in [0.05, 0.1) is 5.54 Å². The largest absolute Gasteiger partial charge is 0.478 e. The third-order valence-corrected chi connectivity index (χ3v) is 5.44. The average Bonchev–Trinajstić information content (AvgIpc) is 3.37. The molecule has 3 fully saturated rings. The van der Waals surface area contributed by atoms with Crippen molar-refractivity contribution in [3.05, 3.63) is 30.1 Å². The maximum atomic E-state index is 13.0. The summed E-state index contributed by atoms with van der Waals surface area (Å²) in [6.07, 6.45) is 7.78. The molecule has 3 nitrogen and oxygen atoms in total. The molecule has 118 valence electrons. The lowest BCUT2D eigenvalue weighted by molar-refractivity contribution is -0.187. The van der Waals surface area contributed by atoms with E-state index in [0.717, 1.165) is 32.2 Å². The quantitative estimate of drug-likeness (QED) is 0.796. The lowest BCUT2D eigenvalue weighted by Gasteiger charge is -2.58. The molecule has 2 saturated carbocycles. The van der Waals surface area contributed by atoms with Crippen LogP contribution in [-0.2, 0) is 4.79 Å². The number of nitrogens with zero attached hydrogens (tertiary/aromatic N) is 1. The minimum absolute atomic E-state index is 0.105. The second-order valence-electron chi connectivity index (χ2n) is 7.01. The number of hydrogen-bond acceptors (Lipinski definition) is 2. The summed E-state index contributed by atoms with van der Waals surface area (Å²) in [5.74, 6) is 1.14. The molecule has 4 rings (SSSR count). The maximum absolute atomic E-state index is 13.0. The zero-order chi connectivity index (χ0) is 15.2. The molecule has 1 aromatic rings. The van der Waals surface area contributed by atoms with Gasteiger partial charge in [0.15, 0.2) is 6.10 Å². The highest BCUT2D eigenvalue weighted by Crippen LogP contribution is 2.47. The second kappa shape index (κ2) is 5.25. The molecule has 1 spiro atoms. The summed E-state index contributed by atoms with van der Waals surface area (Å²) in [6, 6.07) is 5.99. The van der Waals surface area contributed by atoms with E-state index in [0.29, 0.717) is 11.7 Å². The van der Waals surface area contributed by atoms with E-state index < -0.39 is 0 Å². The van der Waals surface area contributed by atoms with Gasteiger partial charge in [0, 0.05) is 6.54 Å². The maximum Gasteiger partial charge on any atom is 0.266 e. The van der Waals surface area contributed by atoms with E-state index in [1.54, 1.807) is 12.1 Å². The van der Waals surface area contributed by atoms with Gasteiger partial charge >= 0.3 is 0 Å². The topological polar surface area (TPSA) is 29.5 Å². The SMILES string of the molecule is O=C1C(Oc2ccc(F)cc2)C2(CCCCC2)N1CC1CC1. The first-order valence-corrected chi connectivity index (χ1v) is 8.43. The van der Waals surface area contributed by atoms with Gasteiger partial charge in [-0.25, -0.2) is 4.39 Å². The van der Waals surface area contributed by atoms with Gasteiger partial charge in [0.25, 0.3) is 5.91 Å². The fourth-order valence-corrected chi connectivity index (χ4v) is 4.00. The van der Waals surface area contributed by atoms with Crippen molar-refractivity contribution >= 4 is 5.91 Å². The number of carbonyl (C=O) groups is 1. The predicted octanol–water partition coefficient (Wildman–Crippen LogP) is 3.53. The number of amides is 1. The van der Waals surface area contributed by atoms with E-state index in [1.165, 1.54) is 31.4 Å². The standard InChI is InChI=1S/C18H22FNO2/c19-14-6-8-15(9-7-14)22-16-17(21)20(12-13-4-5-13)18(16)10-2-1-3-11-18/h6-9,13,16H,1-5,10-12H2. The summed E-state index contributed by atoms with van der Waals surface area (Å²) >= 11 is 0. The van der Waals surface area contributed by atoms with Crippen LogP contribution in [0.15, 0.2) is 24.3 Å². The van der Waals surface area contributed by atoms with Crippen LogP contribution in [0.1, 0.15) is 44.9 Å². The van der Waals surface area contributed by atoms with Crippen LogP contribution in [0.25, 0.3) is 0 Å². The Morgan fingerprint density at radius 3 is 2.45 bits per heavy atom. The van der Waals surface area contributed by atoms with Crippen molar-refractivity contribution in [2.24, 2.45) is 5.92 Å². The smallest absolute Gasteiger partial charge is 0.266 e. The molecular formula is C18H22FNO2. The summed E-state index contributed by atoms with van der Waals surface area (Å²) in [7, 11) is 0. The second-order valence-corrected chi connectivity index (χ2v) is 7.01. The number of rotatable bonds is 4. The molecular weight excluding hydrogens is 281 g/mol. The predicted molar refractivity (Wildman–Crippen MR) is 81.1 cm³/mol. The first-order chi connectivity index (χ1) is 10.7. The Balaban J connectivity index is 1.54. The Labute approximate surface area is 130 Å². The van der Waals surface area contributed by atoms with Crippen molar-refractivity contribution in [2.75, 3.05) is 6.54 Å². The highest BCUT2D eigenvalue weighted by molar-refractivity contribution is 5.90. The number of benzene rings is 1. The summed E-state index contributed by atoms with van der Waals surface area (Å²) < 4.78 is 19.0.